The predicted octanol–water partition coefficient (Wildman–Crippen LogP) is -2.83. The summed E-state index contributed by atoms with van der Waals surface area (Å²) in [5.41, 5.74) is 0. The van der Waals surface area contributed by atoms with E-state index in [1.165, 1.54) is 0 Å². The summed E-state index contributed by atoms with van der Waals surface area (Å²) in [5.74, 6) is 2.20. The summed E-state index contributed by atoms with van der Waals surface area (Å²) in [5, 5.41) is 4.57. The third kappa shape index (κ3) is 13.5. The monoisotopic (exact) mass is 391 g/mol. The van der Waals surface area contributed by atoms with Crippen molar-refractivity contribution in [2.75, 3.05) is 24.6 Å². The summed E-state index contributed by atoms with van der Waals surface area (Å²) in [4.78, 5) is 8.58. The average molecular weight is 392 g/mol. The van der Waals surface area contributed by atoms with Crippen molar-refractivity contribution < 1.29 is 34.2 Å². The first-order chi connectivity index (χ1) is 11.4. The van der Waals surface area contributed by atoms with Crippen molar-refractivity contribution in [1.29, 1.82) is 0 Å². The van der Waals surface area contributed by atoms with E-state index in [1.807, 2.05) is 60.2 Å². The zero-order valence-electron chi connectivity index (χ0n) is 12.7. The van der Waals surface area contributed by atoms with Crippen molar-refractivity contribution in [1.82, 2.24) is 9.97 Å². The van der Waals surface area contributed by atoms with Crippen LogP contribution in [0.25, 0.3) is 0 Å². The summed E-state index contributed by atoms with van der Waals surface area (Å²) in [7, 11) is -4.94. The molecule has 0 saturated carbocycles. The minimum absolute atomic E-state index is 1.10. The molecular weight excluding hydrogens is 374 g/mol. The van der Waals surface area contributed by atoms with Crippen LogP contribution in [0.15, 0.2) is 58.8 Å². The minimum atomic E-state index is -4.94. The third-order valence-corrected chi connectivity index (χ3v) is 4.37. The smallest absolute Gasteiger partial charge is 0.0961 e. The molecule has 0 radical (unpaired) electrons. The molecule has 0 aliphatic carbocycles. The van der Waals surface area contributed by atoms with Crippen LogP contribution in [0.1, 0.15) is 0 Å². The van der Waals surface area contributed by atoms with Crippen LogP contribution in [0.2, 0.25) is 0 Å². The van der Waals surface area contributed by atoms with Crippen molar-refractivity contribution in [3.63, 3.8) is 0 Å². The second-order valence-electron chi connectivity index (χ2n) is 4.28. The fourth-order valence-corrected chi connectivity index (χ4v) is 3.11. The quantitative estimate of drug-likeness (QED) is 0.375. The maximum absolute atomic E-state index is 8.49. The van der Waals surface area contributed by atoms with Crippen LogP contribution >= 0.6 is 23.5 Å². The van der Waals surface area contributed by atoms with E-state index < -0.39 is 10.2 Å². The van der Waals surface area contributed by atoms with E-state index in [-0.39, 0.29) is 0 Å². The van der Waals surface area contributed by atoms with Gasteiger partial charge in [-0.3, -0.25) is 0 Å². The molecule has 10 heteroatoms. The zero-order chi connectivity index (χ0) is 17.7. The van der Waals surface area contributed by atoms with Crippen molar-refractivity contribution in [3.05, 3.63) is 48.8 Å². The van der Waals surface area contributed by atoms with Crippen LogP contribution in [-0.4, -0.2) is 34.6 Å². The summed E-state index contributed by atoms with van der Waals surface area (Å²) in [6.07, 6.45) is 3.69. The summed E-state index contributed by atoms with van der Waals surface area (Å²) >= 11 is 3.63. The molecule has 0 spiro atoms. The molecule has 0 aliphatic heterocycles. The van der Waals surface area contributed by atoms with Crippen molar-refractivity contribution in [2.45, 2.75) is 10.1 Å². The van der Waals surface area contributed by atoms with E-state index >= 15 is 0 Å². The first-order valence-corrected chi connectivity index (χ1v) is 10.2. The highest BCUT2D eigenvalue weighted by Crippen LogP contribution is 2.12. The van der Waals surface area contributed by atoms with E-state index in [4.69, 9.17) is 18.6 Å². The largest absolute Gasteiger partial charge is 0.345 e. The van der Waals surface area contributed by atoms with E-state index in [1.54, 1.807) is 0 Å². The van der Waals surface area contributed by atoms with Crippen LogP contribution in [0.4, 0.5) is 0 Å². The van der Waals surface area contributed by atoms with Gasteiger partial charge in [-0.1, -0.05) is 12.1 Å². The van der Waals surface area contributed by atoms with Gasteiger partial charge in [0.05, 0.1) is 23.1 Å². The molecule has 132 valence electrons. The Bertz CT molecular complexity index is 497. The van der Waals surface area contributed by atoms with Crippen molar-refractivity contribution in [3.8, 4) is 0 Å². The maximum atomic E-state index is 8.49. The van der Waals surface area contributed by atoms with Gasteiger partial charge in [0.2, 0.25) is 0 Å². The SMILES string of the molecule is [O-][Cl+3]([O-])([O-])[O-].c1ccc(SCC[NH2+]CCSc2ccccn2)nc1. The van der Waals surface area contributed by atoms with Crippen LogP contribution in [0.3, 0.4) is 0 Å². The van der Waals surface area contributed by atoms with Crippen LogP contribution in [0.5, 0.6) is 0 Å². The van der Waals surface area contributed by atoms with E-state index in [2.05, 4.69) is 27.4 Å². The maximum Gasteiger partial charge on any atom is 0.0961 e. The Kier molecular flexibility index (Phi) is 11.0. The number of nitrogens with two attached hydrogens (primary N) is 1. The fourth-order valence-electron chi connectivity index (χ4n) is 1.50. The Morgan fingerprint density at radius 3 is 1.54 bits per heavy atom. The molecule has 2 N–H and O–H groups in total. The van der Waals surface area contributed by atoms with Gasteiger partial charge in [0, 0.05) is 23.9 Å². The number of nitrogens with zero attached hydrogens (tertiary/aromatic N) is 2. The van der Waals surface area contributed by atoms with E-state index in [9.17, 15) is 0 Å². The first-order valence-electron chi connectivity index (χ1n) is 6.96. The number of halogens is 1. The number of hydrogen-bond donors (Lipinski definition) is 1. The van der Waals surface area contributed by atoms with E-state index in [0.717, 1.165) is 34.6 Å². The Morgan fingerprint density at radius 2 is 1.21 bits per heavy atom. The highest BCUT2D eigenvalue weighted by atomic mass is 35.7. The molecule has 0 saturated heterocycles. The van der Waals surface area contributed by atoms with Gasteiger partial charge in [-0.25, -0.2) is 28.6 Å². The number of pyridine rings is 2. The standard InChI is InChI=1S/C14H17N3S2.ClHO4/c1-3-7-16-13(5-1)18-11-9-15-10-12-19-14-6-2-4-8-17-14;2-1(3,4)5/h1-8,15H,9-12H2;(H,2,3,4,5). The lowest BCUT2D eigenvalue weighted by atomic mass is 10.5. The number of aromatic nitrogens is 2. The number of rotatable bonds is 8. The minimum Gasteiger partial charge on any atom is -0.345 e. The molecule has 7 nitrogen and oxygen atoms in total. The summed E-state index contributed by atoms with van der Waals surface area (Å²) < 4.78 is 34.0. The molecule has 2 aromatic rings. The van der Waals surface area contributed by atoms with Gasteiger partial charge in [-0.15, -0.1) is 33.8 Å². The topological polar surface area (TPSA) is 135 Å². The predicted molar refractivity (Wildman–Crippen MR) is 81.6 cm³/mol. The second-order valence-corrected chi connectivity index (χ2v) is 7.26. The number of quaternary nitrogens is 1. The molecule has 0 fully saturated rings. The normalized spacial score (nSPS) is 10.8. The molecule has 24 heavy (non-hydrogen) atoms. The van der Waals surface area contributed by atoms with Gasteiger partial charge in [0.25, 0.3) is 0 Å². The molecule has 2 heterocycles. The molecule has 2 aromatic heterocycles. The van der Waals surface area contributed by atoms with E-state index in [0.29, 0.717) is 0 Å². The molecule has 0 aliphatic rings. The van der Waals surface area contributed by atoms with Crippen LogP contribution in [0, 0.1) is 10.2 Å². The molecular formula is C14H18ClN3O4S2. The third-order valence-electron chi connectivity index (χ3n) is 2.42. The Hall–Kier alpha value is -0.910. The number of thioether (sulfide) groups is 2. The van der Waals surface area contributed by atoms with Crippen LogP contribution < -0.4 is 24.0 Å². The molecule has 0 unspecified atom stereocenters. The molecule has 0 bridgehead atoms. The van der Waals surface area contributed by atoms with Gasteiger partial charge < -0.3 is 5.32 Å². The van der Waals surface area contributed by atoms with Crippen LogP contribution in [-0.2, 0) is 0 Å². The van der Waals surface area contributed by atoms with Crippen molar-refractivity contribution in [2.24, 2.45) is 0 Å². The Morgan fingerprint density at radius 1 is 0.792 bits per heavy atom. The van der Waals surface area contributed by atoms with Gasteiger partial charge in [-0.05, 0) is 24.3 Å². The molecule has 2 rings (SSSR count). The molecule has 0 amide bonds. The first kappa shape index (κ1) is 21.1. The highest BCUT2D eigenvalue weighted by Gasteiger charge is 1.97. The lowest BCUT2D eigenvalue weighted by Gasteiger charge is -2.17. The zero-order valence-corrected chi connectivity index (χ0v) is 15.1. The molecule has 0 aromatic carbocycles. The van der Waals surface area contributed by atoms with Gasteiger partial charge in [0.1, 0.15) is 0 Å². The fraction of sp³-hybridized carbons (Fsp3) is 0.286. The van der Waals surface area contributed by atoms with Crippen molar-refractivity contribution >= 4 is 23.5 Å². The van der Waals surface area contributed by atoms with Gasteiger partial charge in [0.15, 0.2) is 0 Å². The summed E-state index contributed by atoms with van der Waals surface area (Å²) in [6.45, 7) is 2.26. The Balaban J connectivity index is 0.000000505. The van der Waals surface area contributed by atoms with Gasteiger partial charge in [-0.2, -0.15) is 0 Å². The highest BCUT2D eigenvalue weighted by molar-refractivity contribution is 7.99. The Labute approximate surface area is 151 Å². The second kappa shape index (κ2) is 12.5. The lowest BCUT2D eigenvalue weighted by Crippen LogP contribution is -2.85. The number of hydrogen-bond acceptors (Lipinski definition) is 8. The average Bonchev–Trinajstić information content (AvgIpc) is 2.54. The molecule has 0 atom stereocenters. The lowest BCUT2D eigenvalue weighted by molar-refractivity contribution is -2.00. The summed E-state index contributed by atoms with van der Waals surface area (Å²) in [6, 6.07) is 12.1. The van der Waals surface area contributed by atoms with Gasteiger partial charge >= 0.3 is 0 Å².